The molecular formula is C11H13N5. The molecule has 82 valence electrons. The van der Waals surface area contributed by atoms with Crippen LogP contribution in [0.3, 0.4) is 0 Å². The summed E-state index contributed by atoms with van der Waals surface area (Å²) < 4.78 is 1.81. The van der Waals surface area contributed by atoms with Crippen LogP contribution in [0.2, 0.25) is 0 Å². The summed E-state index contributed by atoms with van der Waals surface area (Å²) in [5, 5.41) is 11.6. The number of rotatable bonds is 2. The number of nitrogen functional groups attached to an aromatic ring is 1. The van der Waals surface area contributed by atoms with Crippen molar-refractivity contribution >= 4 is 5.84 Å². The molecule has 5 nitrogen and oxygen atoms in total. The Kier molecular flexibility index (Phi) is 2.44. The van der Waals surface area contributed by atoms with Crippen molar-refractivity contribution in [2.75, 3.05) is 0 Å². The van der Waals surface area contributed by atoms with Crippen LogP contribution in [0.5, 0.6) is 0 Å². The highest BCUT2D eigenvalue weighted by Crippen LogP contribution is 2.10. The third kappa shape index (κ3) is 1.79. The molecule has 5 heteroatoms. The summed E-state index contributed by atoms with van der Waals surface area (Å²) in [7, 11) is 0. The van der Waals surface area contributed by atoms with E-state index in [0.717, 1.165) is 17.1 Å². The van der Waals surface area contributed by atoms with Crippen LogP contribution in [-0.4, -0.2) is 20.6 Å². The summed E-state index contributed by atoms with van der Waals surface area (Å²) >= 11 is 0. The van der Waals surface area contributed by atoms with E-state index in [9.17, 15) is 0 Å². The summed E-state index contributed by atoms with van der Waals surface area (Å²) in [6.07, 6.45) is 1.66. The van der Waals surface area contributed by atoms with Crippen LogP contribution >= 0.6 is 0 Å². The van der Waals surface area contributed by atoms with E-state index in [2.05, 4.69) is 10.1 Å². The predicted octanol–water partition coefficient (Wildman–Crippen LogP) is 1.17. The fourth-order valence-corrected chi connectivity index (χ4v) is 1.56. The maximum Gasteiger partial charge on any atom is 0.141 e. The summed E-state index contributed by atoms with van der Waals surface area (Å²) in [5.41, 5.74) is 8.70. The molecule has 3 N–H and O–H groups in total. The van der Waals surface area contributed by atoms with E-state index >= 15 is 0 Å². The molecule has 2 heterocycles. The smallest absolute Gasteiger partial charge is 0.141 e. The van der Waals surface area contributed by atoms with E-state index in [1.54, 1.807) is 12.3 Å². The summed E-state index contributed by atoms with van der Waals surface area (Å²) in [6, 6.07) is 5.57. The fourth-order valence-electron chi connectivity index (χ4n) is 1.56. The Morgan fingerprint density at radius 3 is 2.56 bits per heavy atom. The van der Waals surface area contributed by atoms with Gasteiger partial charge < -0.3 is 5.73 Å². The minimum atomic E-state index is -0.0279. The van der Waals surface area contributed by atoms with Crippen molar-refractivity contribution in [1.82, 2.24) is 14.8 Å². The van der Waals surface area contributed by atoms with Gasteiger partial charge in [0.05, 0.1) is 17.6 Å². The average molecular weight is 215 g/mol. The average Bonchev–Trinajstić information content (AvgIpc) is 2.58. The molecule has 0 atom stereocenters. The van der Waals surface area contributed by atoms with Crippen LogP contribution in [-0.2, 0) is 0 Å². The largest absolute Gasteiger partial charge is 0.382 e. The molecule has 0 aliphatic heterocycles. The van der Waals surface area contributed by atoms with Crippen LogP contribution in [0.15, 0.2) is 24.4 Å². The number of hydrogen-bond donors (Lipinski definition) is 2. The molecule has 16 heavy (non-hydrogen) atoms. The standard InChI is InChI=1S/C11H13N5/c1-7-5-8(2)16(15-7)9-3-4-10(11(12)13)14-6-9/h3-6H,1-2H3,(H3,12,13). The van der Waals surface area contributed by atoms with Crippen molar-refractivity contribution in [3.8, 4) is 5.69 Å². The molecule has 0 aliphatic rings. The van der Waals surface area contributed by atoms with Gasteiger partial charge in [-0.1, -0.05) is 0 Å². The van der Waals surface area contributed by atoms with E-state index in [-0.39, 0.29) is 5.84 Å². The lowest BCUT2D eigenvalue weighted by atomic mass is 10.3. The molecule has 2 rings (SSSR count). The second-order valence-electron chi connectivity index (χ2n) is 3.65. The van der Waals surface area contributed by atoms with Gasteiger partial charge in [-0.2, -0.15) is 5.10 Å². The quantitative estimate of drug-likeness (QED) is 0.582. The molecule has 0 amide bonds. The van der Waals surface area contributed by atoms with Gasteiger partial charge in [0, 0.05) is 5.69 Å². The normalized spacial score (nSPS) is 10.4. The van der Waals surface area contributed by atoms with E-state index in [0.29, 0.717) is 5.69 Å². The zero-order valence-corrected chi connectivity index (χ0v) is 9.23. The first kappa shape index (κ1) is 10.4. The second kappa shape index (κ2) is 3.77. The molecule has 2 aromatic heterocycles. The summed E-state index contributed by atoms with van der Waals surface area (Å²) in [6.45, 7) is 3.93. The van der Waals surface area contributed by atoms with Gasteiger partial charge in [0.1, 0.15) is 11.5 Å². The summed E-state index contributed by atoms with van der Waals surface area (Å²) in [5.74, 6) is -0.0279. The SMILES string of the molecule is Cc1cc(C)n(-c2ccc(C(=N)N)nc2)n1. The maximum atomic E-state index is 7.25. The Morgan fingerprint density at radius 2 is 2.12 bits per heavy atom. The van der Waals surface area contributed by atoms with Crippen LogP contribution in [0, 0.1) is 19.3 Å². The molecule has 2 aromatic rings. The Hall–Kier alpha value is -2.17. The van der Waals surface area contributed by atoms with Gasteiger partial charge in [-0.25, -0.2) is 4.68 Å². The zero-order valence-electron chi connectivity index (χ0n) is 9.23. The first-order chi connectivity index (χ1) is 7.58. The number of amidine groups is 1. The topological polar surface area (TPSA) is 80.6 Å². The van der Waals surface area contributed by atoms with Crippen LogP contribution in [0.1, 0.15) is 17.1 Å². The molecule has 0 fully saturated rings. The number of aromatic nitrogens is 3. The lowest BCUT2D eigenvalue weighted by Gasteiger charge is -2.04. The Labute approximate surface area is 93.4 Å². The molecule has 0 saturated carbocycles. The number of nitrogens with zero attached hydrogens (tertiary/aromatic N) is 3. The Morgan fingerprint density at radius 1 is 1.38 bits per heavy atom. The number of pyridine rings is 1. The van der Waals surface area contributed by atoms with Gasteiger partial charge in [-0.15, -0.1) is 0 Å². The van der Waals surface area contributed by atoms with Crippen molar-refractivity contribution < 1.29 is 0 Å². The van der Waals surface area contributed by atoms with Crippen LogP contribution < -0.4 is 5.73 Å². The van der Waals surface area contributed by atoms with Crippen molar-refractivity contribution in [2.45, 2.75) is 13.8 Å². The Balaban J connectivity index is 2.42. The lowest BCUT2D eigenvalue weighted by molar-refractivity contribution is 0.828. The van der Waals surface area contributed by atoms with Gasteiger partial charge in [0.2, 0.25) is 0 Å². The molecule has 0 radical (unpaired) electrons. The van der Waals surface area contributed by atoms with Crippen LogP contribution in [0.25, 0.3) is 5.69 Å². The zero-order chi connectivity index (χ0) is 11.7. The third-order valence-corrected chi connectivity index (χ3v) is 2.28. The number of aryl methyl sites for hydroxylation is 2. The highest BCUT2D eigenvalue weighted by Gasteiger charge is 2.04. The fraction of sp³-hybridized carbons (Fsp3) is 0.182. The minimum Gasteiger partial charge on any atom is -0.382 e. The van der Waals surface area contributed by atoms with E-state index in [1.165, 1.54) is 0 Å². The maximum absolute atomic E-state index is 7.25. The van der Waals surface area contributed by atoms with Crippen molar-refractivity contribution in [3.63, 3.8) is 0 Å². The predicted molar refractivity (Wildman–Crippen MR) is 61.8 cm³/mol. The van der Waals surface area contributed by atoms with E-state index < -0.39 is 0 Å². The molecule has 0 bridgehead atoms. The first-order valence-corrected chi connectivity index (χ1v) is 4.92. The van der Waals surface area contributed by atoms with E-state index in [1.807, 2.05) is 30.7 Å². The Bertz CT molecular complexity index is 524. The van der Waals surface area contributed by atoms with Crippen molar-refractivity contribution in [3.05, 3.63) is 41.5 Å². The summed E-state index contributed by atoms with van der Waals surface area (Å²) in [4.78, 5) is 4.09. The highest BCUT2D eigenvalue weighted by atomic mass is 15.3. The monoisotopic (exact) mass is 215 g/mol. The number of hydrogen-bond acceptors (Lipinski definition) is 3. The molecule has 0 saturated heterocycles. The van der Waals surface area contributed by atoms with Crippen LogP contribution in [0.4, 0.5) is 0 Å². The van der Waals surface area contributed by atoms with Crippen molar-refractivity contribution in [2.24, 2.45) is 5.73 Å². The minimum absolute atomic E-state index is 0.0279. The second-order valence-corrected chi connectivity index (χ2v) is 3.65. The van der Waals surface area contributed by atoms with Gasteiger partial charge >= 0.3 is 0 Å². The molecular weight excluding hydrogens is 202 g/mol. The van der Waals surface area contributed by atoms with Gasteiger partial charge in [0.25, 0.3) is 0 Å². The number of nitrogens with one attached hydrogen (secondary N) is 1. The molecule has 0 aliphatic carbocycles. The molecule has 0 aromatic carbocycles. The van der Waals surface area contributed by atoms with E-state index in [4.69, 9.17) is 11.1 Å². The lowest BCUT2D eigenvalue weighted by Crippen LogP contribution is -2.13. The first-order valence-electron chi connectivity index (χ1n) is 4.92. The van der Waals surface area contributed by atoms with Crippen molar-refractivity contribution in [1.29, 1.82) is 5.41 Å². The molecule has 0 spiro atoms. The molecule has 0 unspecified atom stereocenters. The van der Waals surface area contributed by atoms with Gasteiger partial charge in [-0.3, -0.25) is 10.4 Å². The third-order valence-electron chi connectivity index (χ3n) is 2.28. The highest BCUT2D eigenvalue weighted by molar-refractivity contribution is 5.92. The number of nitrogens with two attached hydrogens (primary N) is 1. The van der Waals surface area contributed by atoms with Gasteiger partial charge in [-0.05, 0) is 32.0 Å². The van der Waals surface area contributed by atoms with Gasteiger partial charge in [0.15, 0.2) is 0 Å².